The number of aliphatic carboxylic acids is 1. The van der Waals surface area contributed by atoms with Gasteiger partial charge in [-0.25, -0.2) is 8.42 Å². The molecule has 2 atom stereocenters. The average Bonchev–Trinajstić information content (AvgIpc) is 2.84. The Balaban J connectivity index is 1.74. The number of carbonyl (C=O) groups is 1. The molecule has 24 heavy (non-hydrogen) atoms. The van der Waals surface area contributed by atoms with Crippen LogP contribution in [0.25, 0.3) is 0 Å². The van der Waals surface area contributed by atoms with Gasteiger partial charge in [0.2, 0.25) is 0 Å². The van der Waals surface area contributed by atoms with E-state index in [4.69, 9.17) is 16.7 Å². The van der Waals surface area contributed by atoms with Gasteiger partial charge in [-0.2, -0.15) is 0 Å². The Labute approximate surface area is 146 Å². The highest BCUT2D eigenvalue weighted by Gasteiger charge is 2.46. The summed E-state index contributed by atoms with van der Waals surface area (Å²) < 4.78 is 24.3. The highest BCUT2D eigenvalue weighted by atomic mass is 35.5. The molecule has 0 aliphatic carbocycles. The van der Waals surface area contributed by atoms with Gasteiger partial charge in [-0.15, -0.1) is 0 Å². The number of fused-ring (bicyclic) bond motifs is 1. The molecule has 0 amide bonds. The summed E-state index contributed by atoms with van der Waals surface area (Å²) in [5.74, 6) is -0.584. The number of hydrogen-bond acceptors (Lipinski definition) is 5. The molecule has 2 fully saturated rings. The van der Waals surface area contributed by atoms with E-state index in [1.165, 1.54) is 0 Å². The number of rotatable bonds is 5. The fraction of sp³-hybridized carbons (Fsp3) is 0.562. The maximum absolute atomic E-state index is 12.1. The summed E-state index contributed by atoms with van der Waals surface area (Å²) in [6.07, 6.45) is 0.0421. The Morgan fingerprint density at radius 3 is 2.33 bits per heavy atom. The van der Waals surface area contributed by atoms with E-state index in [-0.39, 0.29) is 30.0 Å². The highest BCUT2D eigenvalue weighted by Crippen LogP contribution is 2.28. The van der Waals surface area contributed by atoms with E-state index in [1.54, 1.807) is 0 Å². The quantitative estimate of drug-likeness (QED) is 0.833. The van der Waals surface area contributed by atoms with E-state index >= 15 is 0 Å². The summed E-state index contributed by atoms with van der Waals surface area (Å²) in [5, 5.41) is 9.57. The number of carboxylic acids is 1. The fourth-order valence-corrected chi connectivity index (χ4v) is 5.80. The van der Waals surface area contributed by atoms with Crippen LogP contribution in [0.15, 0.2) is 24.3 Å². The van der Waals surface area contributed by atoms with Crippen LogP contribution in [0.4, 0.5) is 0 Å². The normalized spacial score (nSPS) is 27.0. The lowest BCUT2D eigenvalue weighted by atomic mass is 10.0. The molecule has 2 saturated heterocycles. The van der Waals surface area contributed by atoms with Crippen molar-refractivity contribution in [2.45, 2.75) is 25.0 Å². The second-order valence-electron chi connectivity index (χ2n) is 6.49. The van der Waals surface area contributed by atoms with Crippen LogP contribution >= 0.6 is 11.6 Å². The molecule has 2 aliphatic heterocycles. The second-order valence-corrected chi connectivity index (χ2v) is 9.08. The molecule has 0 spiro atoms. The minimum atomic E-state index is -3.08. The molecule has 8 heteroatoms. The van der Waals surface area contributed by atoms with Crippen LogP contribution in [0.3, 0.4) is 0 Å². The predicted molar refractivity (Wildman–Crippen MR) is 91.9 cm³/mol. The first kappa shape index (κ1) is 17.7. The van der Waals surface area contributed by atoms with Crippen molar-refractivity contribution in [2.24, 2.45) is 0 Å². The van der Waals surface area contributed by atoms with Crippen molar-refractivity contribution < 1.29 is 18.3 Å². The minimum Gasteiger partial charge on any atom is -0.481 e. The van der Waals surface area contributed by atoms with E-state index in [9.17, 15) is 13.2 Å². The maximum atomic E-state index is 12.1. The van der Waals surface area contributed by atoms with Crippen molar-refractivity contribution in [3.63, 3.8) is 0 Å². The number of sulfone groups is 1. The smallest absolute Gasteiger partial charge is 0.304 e. The second kappa shape index (κ2) is 7.00. The summed E-state index contributed by atoms with van der Waals surface area (Å²) in [6, 6.07) is 7.39. The van der Waals surface area contributed by atoms with Crippen LogP contribution < -0.4 is 0 Å². The van der Waals surface area contributed by atoms with E-state index in [2.05, 4.69) is 4.90 Å². The molecule has 0 unspecified atom stereocenters. The largest absolute Gasteiger partial charge is 0.481 e. The van der Waals surface area contributed by atoms with Gasteiger partial charge in [0, 0.05) is 43.3 Å². The van der Waals surface area contributed by atoms with Crippen molar-refractivity contribution in [2.75, 3.05) is 31.1 Å². The predicted octanol–water partition coefficient (Wildman–Crippen LogP) is 1.10. The summed E-state index contributed by atoms with van der Waals surface area (Å²) in [5.41, 5.74) is 1.10. The van der Waals surface area contributed by atoms with E-state index < -0.39 is 15.8 Å². The number of nitrogens with zero attached hydrogens (tertiary/aromatic N) is 2. The zero-order valence-corrected chi connectivity index (χ0v) is 14.8. The van der Waals surface area contributed by atoms with Gasteiger partial charge < -0.3 is 5.11 Å². The number of carboxylic acid groups (broad SMARTS) is 1. The van der Waals surface area contributed by atoms with E-state index in [1.807, 2.05) is 29.2 Å². The van der Waals surface area contributed by atoms with Gasteiger partial charge in [-0.3, -0.25) is 14.6 Å². The minimum absolute atomic E-state index is 0.0421. The number of halogens is 1. The molecule has 1 aromatic rings. The lowest BCUT2D eigenvalue weighted by Gasteiger charge is -2.43. The molecule has 1 aromatic carbocycles. The SMILES string of the molecule is O=C(O)CCN1CCN(Cc2ccc(Cl)cc2)[C@H]2CS(=O)(=O)C[C@H]21. The third-order valence-electron chi connectivity index (χ3n) is 4.82. The molecular formula is C16H21ClN2O4S. The van der Waals surface area contributed by atoms with Crippen LogP contribution in [0.5, 0.6) is 0 Å². The average molecular weight is 373 g/mol. The van der Waals surface area contributed by atoms with Crippen molar-refractivity contribution in [3.8, 4) is 0 Å². The Morgan fingerprint density at radius 2 is 1.71 bits per heavy atom. The van der Waals surface area contributed by atoms with E-state index in [0.717, 1.165) is 12.1 Å². The van der Waals surface area contributed by atoms with Crippen LogP contribution in [-0.4, -0.2) is 72.5 Å². The molecule has 0 aromatic heterocycles. The summed E-state index contributed by atoms with van der Waals surface area (Å²) in [6.45, 7) is 2.51. The van der Waals surface area contributed by atoms with Gasteiger partial charge in [0.05, 0.1) is 17.9 Å². The zero-order valence-electron chi connectivity index (χ0n) is 13.3. The van der Waals surface area contributed by atoms with Crippen LogP contribution in [0.2, 0.25) is 5.02 Å². The van der Waals surface area contributed by atoms with Crippen molar-refractivity contribution in [1.29, 1.82) is 0 Å². The first-order chi connectivity index (χ1) is 11.3. The molecule has 0 bridgehead atoms. The third-order valence-corrected chi connectivity index (χ3v) is 6.77. The van der Waals surface area contributed by atoms with Crippen molar-refractivity contribution in [3.05, 3.63) is 34.9 Å². The van der Waals surface area contributed by atoms with Crippen molar-refractivity contribution >= 4 is 27.4 Å². The lowest BCUT2D eigenvalue weighted by Crippen LogP contribution is -2.58. The Morgan fingerprint density at radius 1 is 1.12 bits per heavy atom. The number of piperazine rings is 1. The van der Waals surface area contributed by atoms with Crippen LogP contribution in [0, 0.1) is 0 Å². The monoisotopic (exact) mass is 372 g/mol. The summed E-state index contributed by atoms with van der Waals surface area (Å²) in [7, 11) is -3.08. The fourth-order valence-electron chi connectivity index (χ4n) is 3.63. The standard InChI is InChI=1S/C16H21ClN2O4S/c17-13-3-1-12(2-4-13)9-19-8-7-18(6-5-16(20)21)14-10-24(22,23)11-15(14)19/h1-4,14-15H,5-11H2,(H,20,21)/t14-,15+/m1/s1. The molecule has 6 nitrogen and oxygen atoms in total. The van der Waals surface area contributed by atoms with Gasteiger partial charge in [-0.1, -0.05) is 23.7 Å². The number of benzene rings is 1. The van der Waals surface area contributed by atoms with Gasteiger partial charge in [0.1, 0.15) is 0 Å². The summed E-state index contributed by atoms with van der Waals surface area (Å²) in [4.78, 5) is 15.1. The molecular weight excluding hydrogens is 352 g/mol. The van der Waals surface area contributed by atoms with Crippen molar-refractivity contribution in [1.82, 2.24) is 9.80 Å². The zero-order chi connectivity index (χ0) is 17.3. The topological polar surface area (TPSA) is 77.9 Å². The van der Waals surface area contributed by atoms with Gasteiger partial charge in [0.25, 0.3) is 0 Å². The highest BCUT2D eigenvalue weighted by molar-refractivity contribution is 7.91. The molecule has 0 radical (unpaired) electrons. The lowest BCUT2D eigenvalue weighted by molar-refractivity contribution is -0.137. The molecule has 0 saturated carbocycles. The van der Waals surface area contributed by atoms with Gasteiger partial charge in [0.15, 0.2) is 9.84 Å². The molecule has 2 heterocycles. The summed E-state index contributed by atoms with van der Waals surface area (Å²) >= 11 is 5.91. The Bertz CT molecular complexity index is 707. The maximum Gasteiger partial charge on any atom is 0.304 e. The van der Waals surface area contributed by atoms with Gasteiger partial charge in [-0.05, 0) is 17.7 Å². The number of hydrogen-bond donors (Lipinski definition) is 1. The van der Waals surface area contributed by atoms with Gasteiger partial charge >= 0.3 is 5.97 Å². The van der Waals surface area contributed by atoms with Crippen LogP contribution in [0.1, 0.15) is 12.0 Å². The molecule has 1 N–H and O–H groups in total. The molecule has 2 aliphatic rings. The Kier molecular flexibility index (Phi) is 5.15. The first-order valence-electron chi connectivity index (χ1n) is 7.99. The Hall–Kier alpha value is -1.15. The van der Waals surface area contributed by atoms with Crippen LogP contribution in [-0.2, 0) is 21.2 Å². The molecule has 132 valence electrons. The first-order valence-corrected chi connectivity index (χ1v) is 10.2. The molecule has 3 rings (SSSR count). The third kappa shape index (κ3) is 4.08. The van der Waals surface area contributed by atoms with E-state index in [0.29, 0.717) is 24.7 Å².